The van der Waals surface area contributed by atoms with Crippen LogP contribution in [0.2, 0.25) is 0 Å². The molecule has 1 aliphatic heterocycles. The number of rotatable bonds is 6. The number of imidazole rings is 1. The molecule has 7 heteroatoms. The number of terminal acetylenes is 1. The van der Waals surface area contributed by atoms with Crippen LogP contribution in [-0.4, -0.2) is 44.5 Å². The molecule has 0 atom stereocenters. The zero-order valence-corrected chi connectivity index (χ0v) is 18.5. The first-order valence-corrected chi connectivity index (χ1v) is 11.5. The molecule has 1 aliphatic rings. The number of thioether (sulfide) groups is 1. The molecular formula is C26H19N3O3S. The summed E-state index contributed by atoms with van der Waals surface area (Å²) >= 11 is 1.33. The number of carbonyl (C=O) groups is 3. The quantitative estimate of drug-likeness (QED) is 0.242. The minimum Gasteiger partial charge on any atom is -0.274 e. The summed E-state index contributed by atoms with van der Waals surface area (Å²) in [7, 11) is 0. The second-order valence-corrected chi connectivity index (χ2v) is 8.62. The van der Waals surface area contributed by atoms with E-state index >= 15 is 0 Å². The van der Waals surface area contributed by atoms with Crippen molar-refractivity contribution in [3.8, 4) is 12.3 Å². The van der Waals surface area contributed by atoms with E-state index in [4.69, 9.17) is 6.42 Å². The molecule has 0 aliphatic carbocycles. The van der Waals surface area contributed by atoms with E-state index in [1.54, 1.807) is 16.7 Å². The first kappa shape index (κ1) is 21.0. The van der Waals surface area contributed by atoms with Gasteiger partial charge in [0.15, 0.2) is 5.16 Å². The van der Waals surface area contributed by atoms with E-state index in [9.17, 15) is 14.4 Å². The maximum Gasteiger partial charge on any atom is 0.261 e. The van der Waals surface area contributed by atoms with Crippen molar-refractivity contribution in [3.05, 3.63) is 71.8 Å². The fourth-order valence-electron chi connectivity index (χ4n) is 4.23. The van der Waals surface area contributed by atoms with Crippen LogP contribution in [0.4, 0.5) is 0 Å². The van der Waals surface area contributed by atoms with Gasteiger partial charge in [-0.1, -0.05) is 54.1 Å². The number of hydrogen-bond donors (Lipinski definition) is 0. The molecule has 0 bridgehead atoms. The van der Waals surface area contributed by atoms with Gasteiger partial charge in [0.25, 0.3) is 11.8 Å². The SMILES string of the molecule is C#CCSc1nc2ccccc2n1C(=O)CCCN1C(=O)c2cccc3cccc(c23)C1=O. The number of para-hydroxylation sites is 2. The lowest BCUT2D eigenvalue weighted by atomic mass is 9.94. The van der Waals surface area contributed by atoms with Crippen LogP contribution in [0, 0.1) is 12.3 Å². The van der Waals surface area contributed by atoms with Crippen LogP contribution >= 0.6 is 11.8 Å². The van der Waals surface area contributed by atoms with Gasteiger partial charge in [-0.25, -0.2) is 4.98 Å². The topological polar surface area (TPSA) is 72.3 Å². The van der Waals surface area contributed by atoms with Crippen molar-refractivity contribution in [2.24, 2.45) is 0 Å². The van der Waals surface area contributed by atoms with E-state index < -0.39 is 0 Å². The van der Waals surface area contributed by atoms with Gasteiger partial charge >= 0.3 is 0 Å². The average Bonchev–Trinajstić information content (AvgIpc) is 3.21. The molecule has 0 saturated heterocycles. The molecule has 5 rings (SSSR count). The van der Waals surface area contributed by atoms with Crippen molar-refractivity contribution >= 4 is 51.3 Å². The molecule has 162 valence electrons. The molecule has 1 aromatic heterocycles. The normalized spacial score (nSPS) is 13.0. The zero-order valence-electron chi connectivity index (χ0n) is 17.7. The Labute approximate surface area is 194 Å². The Hall–Kier alpha value is -3.89. The molecule has 2 heterocycles. The molecule has 0 saturated carbocycles. The molecule has 4 aromatic rings. The van der Waals surface area contributed by atoms with Crippen molar-refractivity contribution in [2.45, 2.75) is 18.0 Å². The molecule has 0 N–H and O–H groups in total. The van der Waals surface area contributed by atoms with Crippen molar-refractivity contribution < 1.29 is 14.4 Å². The number of imide groups is 1. The van der Waals surface area contributed by atoms with Gasteiger partial charge in [-0.05, 0) is 36.1 Å². The molecule has 2 amide bonds. The number of fused-ring (bicyclic) bond motifs is 1. The minimum atomic E-state index is -0.324. The molecule has 0 radical (unpaired) electrons. The smallest absolute Gasteiger partial charge is 0.261 e. The fourth-order valence-corrected chi connectivity index (χ4v) is 4.94. The highest BCUT2D eigenvalue weighted by molar-refractivity contribution is 7.99. The lowest BCUT2D eigenvalue weighted by Crippen LogP contribution is -2.41. The van der Waals surface area contributed by atoms with Gasteiger partial charge in [0, 0.05) is 29.5 Å². The number of amides is 2. The molecule has 0 fully saturated rings. The van der Waals surface area contributed by atoms with E-state index in [1.165, 1.54) is 16.7 Å². The Morgan fingerprint density at radius 2 is 1.67 bits per heavy atom. The summed E-state index contributed by atoms with van der Waals surface area (Å²) in [5.41, 5.74) is 2.47. The van der Waals surface area contributed by atoms with E-state index in [1.807, 2.05) is 48.5 Å². The van der Waals surface area contributed by atoms with Crippen LogP contribution in [0.25, 0.3) is 21.8 Å². The van der Waals surface area contributed by atoms with Gasteiger partial charge in [-0.3, -0.25) is 23.9 Å². The molecule has 0 spiro atoms. The van der Waals surface area contributed by atoms with E-state index in [0.29, 0.717) is 39.4 Å². The number of hydrogen-bond acceptors (Lipinski definition) is 5. The van der Waals surface area contributed by atoms with E-state index in [0.717, 1.165) is 10.9 Å². The van der Waals surface area contributed by atoms with Crippen molar-refractivity contribution in [1.29, 1.82) is 0 Å². The van der Waals surface area contributed by atoms with Crippen LogP contribution in [0.15, 0.2) is 65.8 Å². The molecule has 3 aromatic carbocycles. The first-order chi connectivity index (χ1) is 16.1. The Morgan fingerprint density at radius 1 is 0.970 bits per heavy atom. The summed E-state index contributed by atoms with van der Waals surface area (Å²) < 4.78 is 1.58. The largest absolute Gasteiger partial charge is 0.274 e. The van der Waals surface area contributed by atoms with Crippen LogP contribution in [0.3, 0.4) is 0 Å². The molecule has 6 nitrogen and oxygen atoms in total. The van der Waals surface area contributed by atoms with E-state index in [-0.39, 0.29) is 30.7 Å². The number of carbonyl (C=O) groups excluding carboxylic acids is 3. The second kappa shape index (κ2) is 8.57. The third kappa shape index (κ3) is 3.59. The van der Waals surface area contributed by atoms with Gasteiger partial charge in [0.1, 0.15) is 0 Å². The van der Waals surface area contributed by atoms with Crippen LogP contribution in [0.1, 0.15) is 38.4 Å². The third-order valence-electron chi connectivity index (χ3n) is 5.69. The third-order valence-corrected chi connectivity index (χ3v) is 6.54. The average molecular weight is 454 g/mol. The van der Waals surface area contributed by atoms with Crippen LogP contribution < -0.4 is 0 Å². The highest BCUT2D eigenvalue weighted by Gasteiger charge is 2.32. The Morgan fingerprint density at radius 3 is 2.36 bits per heavy atom. The van der Waals surface area contributed by atoms with Crippen LogP contribution in [0.5, 0.6) is 0 Å². The Balaban J connectivity index is 1.35. The minimum absolute atomic E-state index is 0.150. The summed E-state index contributed by atoms with van der Waals surface area (Å²) in [4.78, 5) is 45.0. The van der Waals surface area contributed by atoms with E-state index in [2.05, 4.69) is 10.9 Å². The Kier molecular flexibility index (Phi) is 5.45. The van der Waals surface area contributed by atoms with Gasteiger partial charge in [0.05, 0.1) is 16.8 Å². The molecule has 0 unspecified atom stereocenters. The summed E-state index contributed by atoms with van der Waals surface area (Å²) in [6.07, 6.45) is 5.89. The second-order valence-electron chi connectivity index (χ2n) is 7.68. The predicted molar refractivity (Wildman–Crippen MR) is 128 cm³/mol. The van der Waals surface area contributed by atoms with Gasteiger partial charge < -0.3 is 0 Å². The number of aromatic nitrogens is 2. The summed E-state index contributed by atoms with van der Waals surface area (Å²) in [5.74, 6) is 2.16. The summed E-state index contributed by atoms with van der Waals surface area (Å²) in [5, 5.41) is 2.11. The van der Waals surface area contributed by atoms with Crippen molar-refractivity contribution in [1.82, 2.24) is 14.5 Å². The maximum absolute atomic E-state index is 13.1. The maximum atomic E-state index is 13.1. The number of nitrogens with zero attached hydrogens (tertiary/aromatic N) is 3. The highest BCUT2D eigenvalue weighted by atomic mass is 32.2. The standard InChI is InChI=1S/C26H19N3O3S/c1-2-16-33-26-27-20-12-3-4-13-21(20)29(26)22(30)14-7-15-28-24(31)18-10-5-8-17-9-6-11-19(23(17)18)25(28)32/h1,3-6,8-13H,7,14-16H2. The highest BCUT2D eigenvalue weighted by Crippen LogP contribution is 2.30. The van der Waals surface area contributed by atoms with Crippen molar-refractivity contribution in [3.63, 3.8) is 0 Å². The Bertz CT molecular complexity index is 1430. The lowest BCUT2D eigenvalue weighted by molar-refractivity contribution is 0.0601. The van der Waals surface area contributed by atoms with Crippen LogP contribution in [-0.2, 0) is 0 Å². The zero-order chi connectivity index (χ0) is 22.9. The first-order valence-electron chi connectivity index (χ1n) is 10.5. The molecular weight excluding hydrogens is 434 g/mol. The monoisotopic (exact) mass is 453 g/mol. The van der Waals surface area contributed by atoms with Crippen molar-refractivity contribution in [2.75, 3.05) is 12.3 Å². The predicted octanol–water partition coefficient (Wildman–Crippen LogP) is 4.63. The lowest BCUT2D eigenvalue weighted by Gasteiger charge is -2.27. The van der Waals surface area contributed by atoms with Gasteiger partial charge in [-0.15, -0.1) is 6.42 Å². The fraction of sp³-hybridized carbons (Fsp3) is 0.154. The summed E-state index contributed by atoms with van der Waals surface area (Å²) in [6.45, 7) is 0.160. The number of benzene rings is 3. The summed E-state index contributed by atoms with van der Waals surface area (Å²) in [6, 6.07) is 18.3. The molecule has 33 heavy (non-hydrogen) atoms. The van der Waals surface area contributed by atoms with Gasteiger partial charge in [0.2, 0.25) is 5.91 Å². The van der Waals surface area contributed by atoms with Gasteiger partial charge in [-0.2, -0.15) is 0 Å².